The van der Waals surface area contributed by atoms with Crippen molar-refractivity contribution in [3.05, 3.63) is 146 Å². The molecule has 0 atom stereocenters. The molecule has 3 heterocycles. The number of carbonyl (C=O) groups excluding carboxylic acids is 1. The number of carboxylic acid groups (broad SMARTS) is 1. The lowest BCUT2D eigenvalue weighted by atomic mass is 9.90. The van der Waals surface area contributed by atoms with Crippen LogP contribution in [0.1, 0.15) is 43.7 Å². The van der Waals surface area contributed by atoms with Crippen LogP contribution in [0.15, 0.2) is 96.3 Å². The van der Waals surface area contributed by atoms with Crippen LogP contribution in [0.4, 0.5) is 4.79 Å². The molecule has 3 aromatic carbocycles. The van der Waals surface area contributed by atoms with Gasteiger partial charge in [0, 0.05) is 49.5 Å². The molecule has 2 N–H and O–H groups in total. The molecule has 272 valence electrons. The monoisotopic (exact) mass is 743 g/mol. The Morgan fingerprint density at radius 3 is 2.37 bits per heavy atom. The van der Waals surface area contributed by atoms with E-state index in [0.29, 0.717) is 45.5 Å². The zero-order valence-corrected chi connectivity index (χ0v) is 30.1. The molecular formula is C41H34ClN5O7. The lowest BCUT2D eigenvalue weighted by Crippen LogP contribution is -2.31. The highest BCUT2D eigenvalue weighted by Gasteiger charge is 2.18. The number of nitriles is 1. The summed E-state index contributed by atoms with van der Waals surface area (Å²) in [5.74, 6) is 0.594. The number of nitrogens with zero attached hydrogens (tertiary/aromatic N) is 5. The van der Waals surface area contributed by atoms with Crippen molar-refractivity contribution in [1.29, 1.82) is 5.26 Å². The fourth-order valence-electron chi connectivity index (χ4n) is 6.16. The number of benzene rings is 3. The molecule has 3 aromatic heterocycles. The van der Waals surface area contributed by atoms with Crippen LogP contribution in [0, 0.1) is 25.2 Å². The lowest BCUT2D eigenvalue weighted by molar-refractivity contribution is 0.111. The van der Waals surface area contributed by atoms with Crippen LogP contribution in [0.5, 0.6) is 11.5 Å². The van der Waals surface area contributed by atoms with Gasteiger partial charge in [-0.05, 0) is 77.1 Å². The van der Waals surface area contributed by atoms with E-state index in [2.05, 4.69) is 9.97 Å². The predicted octanol–water partition coefficient (Wildman–Crippen LogP) is 7.01. The molecule has 0 fully saturated rings. The number of amides is 1. The summed E-state index contributed by atoms with van der Waals surface area (Å²) in [5, 5.41) is 28.1. The molecule has 0 saturated carbocycles. The maximum absolute atomic E-state index is 13.8. The normalized spacial score (nSPS) is 10.9. The maximum atomic E-state index is 13.8. The van der Waals surface area contributed by atoms with E-state index in [1.807, 2.05) is 56.3 Å². The van der Waals surface area contributed by atoms with Gasteiger partial charge in [0.2, 0.25) is 0 Å². The van der Waals surface area contributed by atoms with E-state index in [1.54, 1.807) is 36.7 Å². The van der Waals surface area contributed by atoms with Crippen molar-refractivity contribution in [2.75, 3.05) is 13.2 Å². The van der Waals surface area contributed by atoms with Gasteiger partial charge in [-0.25, -0.2) is 9.78 Å². The van der Waals surface area contributed by atoms with Crippen molar-refractivity contribution in [2.45, 2.75) is 33.6 Å². The number of carbonyl (C=O) groups is 2. The Hall–Kier alpha value is -6.55. The topological polar surface area (TPSA) is 167 Å². The molecule has 54 heavy (non-hydrogen) atoms. The van der Waals surface area contributed by atoms with Crippen LogP contribution < -0.4 is 15.0 Å². The molecule has 0 aliphatic carbocycles. The third-order valence-electron chi connectivity index (χ3n) is 9.04. The summed E-state index contributed by atoms with van der Waals surface area (Å²) in [6.07, 6.45) is 5.64. The molecule has 12 nitrogen and oxygen atoms in total. The van der Waals surface area contributed by atoms with Gasteiger partial charge in [-0.1, -0.05) is 48.0 Å². The molecule has 6 rings (SSSR count). The summed E-state index contributed by atoms with van der Waals surface area (Å²) in [6.45, 7) is 3.89. The van der Waals surface area contributed by atoms with E-state index in [-0.39, 0.29) is 54.8 Å². The second kappa shape index (κ2) is 16.4. The first-order chi connectivity index (χ1) is 26.1. The van der Waals surface area contributed by atoms with Crippen molar-refractivity contribution in [2.24, 2.45) is 0 Å². The van der Waals surface area contributed by atoms with Gasteiger partial charge in [0.15, 0.2) is 6.29 Å². The summed E-state index contributed by atoms with van der Waals surface area (Å²) >= 11 is 6.52. The molecular weight excluding hydrogens is 710 g/mol. The molecule has 0 saturated heterocycles. The first-order valence-electron chi connectivity index (χ1n) is 16.8. The Labute approximate surface area is 315 Å². The maximum Gasteiger partial charge on any atom is 0.407 e. The SMILES string of the molecule is Cc1c(COc2cc(OCc3cncc(C#N)c3)c(C=O)cc2Cl)cccc1-c1cccc(-c2cnc3cc(CN(CCO)C(=O)O)ccn3c2=O)c1C. The minimum atomic E-state index is -1.15. The highest BCUT2D eigenvalue weighted by molar-refractivity contribution is 6.32. The summed E-state index contributed by atoms with van der Waals surface area (Å²) in [7, 11) is 0. The third kappa shape index (κ3) is 7.92. The molecule has 6 aromatic rings. The number of fused-ring (bicyclic) bond motifs is 1. The number of pyridine rings is 2. The average molecular weight is 744 g/mol. The van der Waals surface area contributed by atoms with Crippen LogP contribution in [-0.2, 0) is 19.8 Å². The standard InChI is InChI=1S/C41H34ClN5O7/c1-25-30(24-54-38-16-37(31(22-49)15-36(38)42)53-23-29-13-28(17-43)18-44-19-29)5-3-6-32(25)33-7-4-8-34(26(33)2)35-20-45-39-14-27(9-10-47(39)40(35)50)21-46(11-12-48)41(51)52/h3-10,13-16,18-20,22,48H,11-12,21,23-24H2,1-2H3,(H,51,52). The number of halogens is 1. The average Bonchev–Trinajstić information content (AvgIpc) is 3.17. The van der Waals surface area contributed by atoms with Crippen molar-refractivity contribution < 1.29 is 29.3 Å². The number of aldehydes is 1. The Balaban J connectivity index is 1.24. The first-order valence-corrected chi connectivity index (χ1v) is 17.2. The van der Waals surface area contributed by atoms with Crippen molar-refractivity contribution in [1.82, 2.24) is 19.3 Å². The zero-order chi connectivity index (χ0) is 38.4. The van der Waals surface area contributed by atoms with Gasteiger partial charge in [-0.15, -0.1) is 0 Å². The number of aliphatic hydroxyl groups is 1. The molecule has 0 spiro atoms. The van der Waals surface area contributed by atoms with Gasteiger partial charge in [0.1, 0.15) is 36.4 Å². The zero-order valence-electron chi connectivity index (χ0n) is 29.3. The predicted molar refractivity (Wildman–Crippen MR) is 202 cm³/mol. The van der Waals surface area contributed by atoms with Crippen LogP contribution >= 0.6 is 11.6 Å². The first kappa shape index (κ1) is 37.2. The highest BCUT2D eigenvalue weighted by atomic mass is 35.5. The molecule has 0 bridgehead atoms. The largest absolute Gasteiger partial charge is 0.488 e. The fourth-order valence-corrected chi connectivity index (χ4v) is 6.38. The fraction of sp³-hybridized carbons (Fsp3) is 0.171. The van der Waals surface area contributed by atoms with E-state index in [9.17, 15) is 29.9 Å². The molecule has 0 aliphatic heterocycles. The number of hydrogen-bond acceptors (Lipinski definition) is 9. The van der Waals surface area contributed by atoms with Crippen molar-refractivity contribution >= 4 is 29.6 Å². The van der Waals surface area contributed by atoms with Gasteiger partial charge < -0.3 is 24.6 Å². The van der Waals surface area contributed by atoms with Crippen LogP contribution in [0.3, 0.4) is 0 Å². The van der Waals surface area contributed by atoms with E-state index < -0.39 is 6.09 Å². The molecule has 0 unspecified atom stereocenters. The number of ether oxygens (including phenoxy) is 2. The Morgan fingerprint density at radius 2 is 1.65 bits per heavy atom. The summed E-state index contributed by atoms with van der Waals surface area (Å²) in [4.78, 5) is 46.8. The van der Waals surface area contributed by atoms with Crippen molar-refractivity contribution in [3.8, 4) is 39.8 Å². The molecule has 0 aliphatic rings. The Bertz CT molecular complexity index is 2490. The van der Waals surface area contributed by atoms with Gasteiger partial charge in [0.05, 0.1) is 28.3 Å². The number of rotatable bonds is 13. The molecule has 0 radical (unpaired) electrons. The second-order valence-corrected chi connectivity index (χ2v) is 12.9. The van der Waals surface area contributed by atoms with E-state index in [4.69, 9.17) is 21.1 Å². The van der Waals surface area contributed by atoms with Gasteiger partial charge in [-0.2, -0.15) is 5.26 Å². The summed E-state index contributed by atoms with van der Waals surface area (Å²) < 4.78 is 13.5. The minimum absolute atomic E-state index is 0.0353. The molecule has 13 heteroatoms. The van der Waals surface area contributed by atoms with Gasteiger partial charge in [-0.3, -0.25) is 19.0 Å². The Morgan fingerprint density at radius 1 is 0.926 bits per heavy atom. The Kier molecular flexibility index (Phi) is 11.3. The third-order valence-corrected chi connectivity index (χ3v) is 9.34. The number of aliphatic hydroxyl groups excluding tert-OH is 1. The number of aromatic nitrogens is 3. The van der Waals surface area contributed by atoms with E-state index >= 15 is 0 Å². The van der Waals surface area contributed by atoms with E-state index in [1.165, 1.54) is 22.9 Å². The second-order valence-electron chi connectivity index (χ2n) is 12.4. The van der Waals surface area contributed by atoms with Crippen LogP contribution in [-0.4, -0.2) is 55.0 Å². The van der Waals surface area contributed by atoms with Crippen LogP contribution in [0.25, 0.3) is 27.9 Å². The lowest BCUT2D eigenvalue weighted by Gasteiger charge is -2.18. The number of hydrogen-bond donors (Lipinski definition) is 2. The van der Waals surface area contributed by atoms with E-state index in [0.717, 1.165) is 32.7 Å². The minimum Gasteiger partial charge on any atom is -0.488 e. The quantitative estimate of drug-likeness (QED) is 0.118. The summed E-state index contributed by atoms with van der Waals surface area (Å²) in [5.41, 5.74) is 7.74. The van der Waals surface area contributed by atoms with Crippen LogP contribution in [0.2, 0.25) is 5.02 Å². The van der Waals surface area contributed by atoms with Gasteiger partial charge in [0.25, 0.3) is 5.56 Å². The smallest absolute Gasteiger partial charge is 0.407 e. The molecule has 1 amide bonds. The summed E-state index contributed by atoms with van der Waals surface area (Å²) in [6, 6.07) is 21.7. The highest BCUT2D eigenvalue weighted by Crippen LogP contribution is 2.36. The van der Waals surface area contributed by atoms with Gasteiger partial charge >= 0.3 is 6.09 Å². The van der Waals surface area contributed by atoms with Crippen molar-refractivity contribution in [3.63, 3.8) is 0 Å².